The smallest absolute Gasteiger partial charge is 0.0613 e. The average Bonchev–Trinajstić information content (AvgIpc) is 2.48. The average molecular weight is 300 g/mol. The zero-order valence-corrected chi connectivity index (χ0v) is 14.5. The third-order valence-electron chi connectivity index (χ3n) is 4.81. The third-order valence-corrected chi connectivity index (χ3v) is 4.81. The predicted molar refractivity (Wildman–Crippen MR) is 88.7 cm³/mol. The summed E-state index contributed by atoms with van der Waals surface area (Å²) in [5, 5.41) is 13.3. The highest BCUT2D eigenvalue weighted by molar-refractivity contribution is 4.88. The zero-order chi connectivity index (χ0) is 15.7. The molecule has 4 heteroatoms. The van der Waals surface area contributed by atoms with Crippen molar-refractivity contribution in [1.29, 1.82) is 0 Å². The van der Waals surface area contributed by atoms with Gasteiger partial charge in [0.1, 0.15) is 0 Å². The first-order chi connectivity index (χ1) is 10.0. The van der Waals surface area contributed by atoms with Crippen LogP contribution >= 0.6 is 0 Å². The molecule has 21 heavy (non-hydrogen) atoms. The first kappa shape index (κ1) is 18.9. The number of ether oxygens (including phenoxy) is 1. The molecule has 126 valence electrons. The normalized spacial score (nSPS) is 20.9. The van der Waals surface area contributed by atoms with Gasteiger partial charge in [-0.2, -0.15) is 0 Å². The Morgan fingerprint density at radius 2 is 2.00 bits per heavy atom. The van der Waals surface area contributed by atoms with Crippen LogP contribution in [0.1, 0.15) is 52.9 Å². The molecule has 1 fully saturated rings. The minimum Gasteiger partial charge on any atom is -0.394 e. The molecule has 0 amide bonds. The van der Waals surface area contributed by atoms with Crippen molar-refractivity contribution < 1.29 is 9.84 Å². The summed E-state index contributed by atoms with van der Waals surface area (Å²) in [4.78, 5) is 2.57. The van der Waals surface area contributed by atoms with Crippen LogP contribution in [0.5, 0.6) is 0 Å². The summed E-state index contributed by atoms with van der Waals surface area (Å²) in [5.74, 6) is 0.751. The molecule has 0 saturated carbocycles. The quantitative estimate of drug-likeness (QED) is 0.649. The van der Waals surface area contributed by atoms with E-state index in [9.17, 15) is 5.11 Å². The molecule has 0 bridgehead atoms. The summed E-state index contributed by atoms with van der Waals surface area (Å²) in [6.45, 7) is 11.2. The lowest BCUT2D eigenvalue weighted by molar-refractivity contribution is 0.0932. The number of aliphatic hydroxyl groups is 1. The fraction of sp³-hybridized carbons (Fsp3) is 1.00. The molecule has 1 saturated heterocycles. The molecule has 0 radical (unpaired) electrons. The van der Waals surface area contributed by atoms with E-state index in [1.807, 2.05) is 0 Å². The van der Waals surface area contributed by atoms with Crippen LogP contribution in [-0.2, 0) is 4.74 Å². The number of hydrogen-bond donors (Lipinski definition) is 2. The Kier molecular flexibility index (Phi) is 8.79. The Morgan fingerprint density at radius 3 is 2.48 bits per heavy atom. The van der Waals surface area contributed by atoms with Crippen molar-refractivity contribution in [2.75, 3.05) is 40.0 Å². The molecule has 1 aliphatic heterocycles. The maximum absolute atomic E-state index is 9.77. The van der Waals surface area contributed by atoms with Gasteiger partial charge in [-0.25, -0.2) is 0 Å². The number of likely N-dealkylation sites (tertiary alicyclic amines) is 1. The van der Waals surface area contributed by atoms with Gasteiger partial charge in [0.2, 0.25) is 0 Å². The maximum Gasteiger partial charge on any atom is 0.0613 e. The second-order valence-corrected chi connectivity index (χ2v) is 6.93. The van der Waals surface area contributed by atoms with E-state index in [4.69, 9.17) is 4.74 Å². The number of hydrogen-bond acceptors (Lipinski definition) is 4. The monoisotopic (exact) mass is 300 g/mol. The van der Waals surface area contributed by atoms with Crippen molar-refractivity contribution in [1.82, 2.24) is 10.2 Å². The SMILES string of the molecule is CCC(CO)(CCCN1CCC(COC)CC1)NC(C)C. The van der Waals surface area contributed by atoms with Gasteiger partial charge < -0.3 is 20.1 Å². The minimum atomic E-state index is -0.0947. The molecule has 0 aromatic heterocycles. The number of nitrogens with zero attached hydrogens (tertiary/aromatic N) is 1. The molecule has 1 heterocycles. The Balaban J connectivity index is 2.28. The highest BCUT2D eigenvalue weighted by atomic mass is 16.5. The Morgan fingerprint density at radius 1 is 1.33 bits per heavy atom. The van der Waals surface area contributed by atoms with E-state index < -0.39 is 0 Å². The van der Waals surface area contributed by atoms with E-state index in [2.05, 4.69) is 31.0 Å². The third kappa shape index (κ3) is 6.64. The van der Waals surface area contributed by atoms with Crippen LogP contribution in [0.15, 0.2) is 0 Å². The number of methoxy groups -OCH3 is 1. The molecule has 1 rings (SSSR count). The van der Waals surface area contributed by atoms with Gasteiger partial charge in [-0.3, -0.25) is 0 Å². The Bertz CT molecular complexity index is 260. The second kappa shape index (κ2) is 9.78. The van der Waals surface area contributed by atoms with Gasteiger partial charge in [-0.1, -0.05) is 20.8 Å². The Hall–Kier alpha value is -0.160. The van der Waals surface area contributed by atoms with Crippen LogP contribution in [0.25, 0.3) is 0 Å². The standard InChI is InChI=1S/C17H36N2O2/c1-5-17(14-20,18-15(2)3)9-6-10-19-11-7-16(8-12-19)13-21-4/h15-16,18,20H,5-14H2,1-4H3. The zero-order valence-electron chi connectivity index (χ0n) is 14.5. The number of rotatable bonds is 10. The molecule has 0 aromatic rings. The first-order valence-electron chi connectivity index (χ1n) is 8.65. The Labute approximate surface area is 131 Å². The van der Waals surface area contributed by atoms with Crippen molar-refractivity contribution in [2.45, 2.75) is 64.5 Å². The fourth-order valence-corrected chi connectivity index (χ4v) is 3.45. The van der Waals surface area contributed by atoms with E-state index >= 15 is 0 Å². The lowest BCUT2D eigenvalue weighted by Gasteiger charge is -2.36. The van der Waals surface area contributed by atoms with Crippen LogP contribution in [0, 0.1) is 5.92 Å². The molecule has 0 aliphatic carbocycles. The summed E-state index contributed by atoms with van der Waals surface area (Å²) in [6.07, 6.45) is 5.71. The van der Waals surface area contributed by atoms with Gasteiger partial charge in [0.05, 0.1) is 6.61 Å². The van der Waals surface area contributed by atoms with Crippen molar-refractivity contribution in [3.8, 4) is 0 Å². The van der Waals surface area contributed by atoms with Gasteiger partial charge in [0.25, 0.3) is 0 Å². The summed E-state index contributed by atoms with van der Waals surface area (Å²) in [7, 11) is 1.80. The van der Waals surface area contributed by atoms with Crippen LogP contribution in [-0.4, -0.2) is 61.5 Å². The molecule has 1 atom stereocenters. The highest BCUT2D eigenvalue weighted by Crippen LogP contribution is 2.21. The van der Waals surface area contributed by atoms with Crippen molar-refractivity contribution in [3.05, 3.63) is 0 Å². The van der Waals surface area contributed by atoms with Gasteiger partial charge in [0.15, 0.2) is 0 Å². The van der Waals surface area contributed by atoms with Crippen LogP contribution in [0.2, 0.25) is 0 Å². The van der Waals surface area contributed by atoms with Gasteiger partial charge >= 0.3 is 0 Å². The van der Waals surface area contributed by atoms with Crippen molar-refractivity contribution in [3.63, 3.8) is 0 Å². The number of aliphatic hydroxyl groups excluding tert-OH is 1. The summed E-state index contributed by atoms with van der Waals surface area (Å²) < 4.78 is 5.25. The summed E-state index contributed by atoms with van der Waals surface area (Å²) in [6, 6.07) is 0.418. The first-order valence-corrected chi connectivity index (χ1v) is 8.65. The number of piperidine rings is 1. The van der Waals surface area contributed by atoms with E-state index in [0.29, 0.717) is 6.04 Å². The molecular weight excluding hydrogens is 264 g/mol. The molecule has 4 nitrogen and oxygen atoms in total. The maximum atomic E-state index is 9.77. The van der Waals surface area contributed by atoms with E-state index in [1.165, 1.54) is 25.9 Å². The second-order valence-electron chi connectivity index (χ2n) is 6.93. The summed E-state index contributed by atoms with van der Waals surface area (Å²) in [5.41, 5.74) is -0.0947. The van der Waals surface area contributed by atoms with Crippen molar-refractivity contribution >= 4 is 0 Å². The van der Waals surface area contributed by atoms with Crippen molar-refractivity contribution in [2.24, 2.45) is 5.92 Å². The highest BCUT2D eigenvalue weighted by Gasteiger charge is 2.27. The van der Waals surface area contributed by atoms with Crippen LogP contribution in [0.3, 0.4) is 0 Å². The molecular formula is C17H36N2O2. The van der Waals surface area contributed by atoms with Gasteiger partial charge in [0, 0.05) is 25.3 Å². The lowest BCUT2D eigenvalue weighted by Crippen LogP contribution is -2.51. The summed E-state index contributed by atoms with van der Waals surface area (Å²) >= 11 is 0. The number of nitrogens with one attached hydrogen (secondary N) is 1. The van der Waals surface area contributed by atoms with Gasteiger partial charge in [-0.05, 0) is 57.7 Å². The molecule has 0 spiro atoms. The molecule has 1 unspecified atom stereocenters. The van der Waals surface area contributed by atoms with E-state index in [1.54, 1.807) is 7.11 Å². The lowest BCUT2D eigenvalue weighted by atomic mass is 9.90. The van der Waals surface area contributed by atoms with Crippen LogP contribution in [0.4, 0.5) is 0 Å². The van der Waals surface area contributed by atoms with E-state index in [0.717, 1.165) is 38.3 Å². The van der Waals surface area contributed by atoms with Crippen LogP contribution < -0.4 is 5.32 Å². The molecule has 2 N–H and O–H groups in total. The minimum absolute atomic E-state index is 0.0947. The largest absolute Gasteiger partial charge is 0.394 e. The molecule has 0 aromatic carbocycles. The predicted octanol–water partition coefficient (Wildman–Crippen LogP) is 2.26. The molecule has 1 aliphatic rings. The van der Waals surface area contributed by atoms with Gasteiger partial charge in [-0.15, -0.1) is 0 Å². The fourth-order valence-electron chi connectivity index (χ4n) is 3.45. The van der Waals surface area contributed by atoms with E-state index in [-0.39, 0.29) is 12.1 Å². The topological polar surface area (TPSA) is 44.7 Å².